The van der Waals surface area contributed by atoms with Crippen LogP contribution >= 0.6 is 0 Å². The van der Waals surface area contributed by atoms with Gasteiger partial charge in [-0.25, -0.2) is 4.39 Å². The van der Waals surface area contributed by atoms with E-state index in [2.05, 4.69) is 31.2 Å². The molecule has 1 aromatic carbocycles. The van der Waals surface area contributed by atoms with Gasteiger partial charge in [-0.15, -0.1) is 0 Å². The van der Waals surface area contributed by atoms with Crippen molar-refractivity contribution in [1.29, 1.82) is 0 Å². The number of nitrogens with one attached hydrogen (secondary N) is 1. The van der Waals surface area contributed by atoms with E-state index in [1.54, 1.807) is 6.07 Å². The Morgan fingerprint density at radius 1 is 1.24 bits per heavy atom. The smallest absolute Gasteiger partial charge is 0.128 e. The van der Waals surface area contributed by atoms with Crippen LogP contribution in [0.15, 0.2) is 24.3 Å². The fourth-order valence-corrected chi connectivity index (χ4v) is 2.52. The Bertz CT molecular complexity index is 602. The minimum atomic E-state index is -0.173. The lowest BCUT2D eigenvalue weighted by Gasteiger charge is -2.09. The fourth-order valence-electron chi connectivity index (χ4n) is 2.52. The van der Waals surface area contributed by atoms with Crippen LogP contribution in [0.1, 0.15) is 36.4 Å². The molecule has 0 fully saturated rings. The average Bonchev–Trinajstić information content (AvgIpc) is 2.68. The maximum absolute atomic E-state index is 13.8. The van der Waals surface area contributed by atoms with E-state index < -0.39 is 0 Å². The number of aromatic nitrogens is 2. The Kier molecular flexibility index (Phi) is 5.12. The van der Waals surface area contributed by atoms with Crippen molar-refractivity contribution in [2.75, 3.05) is 6.54 Å². The molecule has 1 aromatic heterocycles. The maximum atomic E-state index is 13.8. The van der Waals surface area contributed by atoms with Crippen LogP contribution in [0.3, 0.4) is 0 Å². The van der Waals surface area contributed by atoms with Gasteiger partial charge in [0.25, 0.3) is 0 Å². The topological polar surface area (TPSA) is 29.9 Å². The van der Waals surface area contributed by atoms with Gasteiger partial charge in [0.2, 0.25) is 0 Å². The summed E-state index contributed by atoms with van der Waals surface area (Å²) in [5.41, 5.74) is 4.10. The maximum Gasteiger partial charge on any atom is 0.128 e. The standard InChI is InChI=1S/C17H24FN3/c1-12(2)19-10-9-16-13(3)20-21(14(16)4)11-15-7-5-6-8-17(15)18/h5-8,12,19H,9-11H2,1-4H3. The Labute approximate surface area is 126 Å². The van der Waals surface area contributed by atoms with Crippen molar-refractivity contribution in [3.63, 3.8) is 0 Å². The van der Waals surface area contributed by atoms with Crippen LogP contribution in [0.2, 0.25) is 0 Å². The van der Waals surface area contributed by atoms with Gasteiger partial charge >= 0.3 is 0 Å². The fraction of sp³-hybridized carbons (Fsp3) is 0.471. The van der Waals surface area contributed by atoms with Crippen molar-refractivity contribution in [2.24, 2.45) is 0 Å². The molecule has 0 saturated heterocycles. The molecule has 2 rings (SSSR count). The number of rotatable bonds is 6. The van der Waals surface area contributed by atoms with Crippen molar-refractivity contribution in [3.05, 3.63) is 52.6 Å². The first kappa shape index (κ1) is 15.7. The van der Waals surface area contributed by atoms with Gasteiger partial charge < -0.3 is 5.32 Å². The van der Waals surface area contributed by atoms with E-state index in [1.807, 2.05) is 23.7 Å². The highest BCUT2D eigenvalue weighted by atomic mass is 19.1. The quantitative estimate of drug-likeness (QED) is 0.885. The van der Waals surface area contributed by atoms with E-state index in [1.165, 1.54) is 11.6 Å². The first-order chi connectivity index (χ1) is 9.99. The predicted molar refractivity (Wildman–Crippen MR) is 84.0 cm³/mol. The van der Waals surface area contributed by atoms with Gasteiger partial charge in [-0.2, -0.15) is 5.10 Å². The molecule has 0 amide bonds. The minimum Gasteiger partial charge on any atom is -0.314 e. The lowest BCUT2D eigenvalue weighted by molar-refractivity contribution is 0.576. The molecule has 4 heteroatoms. The molecule has 0 aliphatic carbocycles. The molecule has 0 saturated carbocycles. The summed E-state index contributed by atoms with van der Waals surface area (Å²) < 4.78 is 15.7. The van der Waals surface area contributed by atoms with Crippen molar-refractivity contribution in [3.8, 4) is 0 Å². The Morgan fingerprint density at radius 3 is 2.62 bits per heavy atom. The number of nitrogens with zero attached hydrogens (tertiary/aromatic N) is 2. The molecule has 0 radical (unpaired) electrons. The lowest BCUT2D eigenvalue weighted by Crippen LogP contribution is -2.25. The molecule has 0 bridgehead atoms. The van der Waals surface area contributed by atoms with Gasteiger partial charge in [-0.05, 0) is 38.4 Å². The molecule has 1 heterocycles. The summed E-state index contributed by atoms with van der Waals surface area (Å²) in [6.07, 6.45) is 0.952. The van der Waals surface area contributed by atoms with Gasteiger partial charge in [0.1, 0.15) is 5.82 Å². The summed E-state index contributed by atoms with van der Waals surface area (Å²) >= 11 is 0. The van der Waals surface area contributed by atoms with Crippen molar-refractivity contribution in [1.82, 2.24) is 15.1 Å². The Hall–Kier alpha value is -1.68. The van der Waals surface area contributed by atoms with Crippen LogP contribution in [0.25, 0.3) is 0 Å². The van der Waals surface area contributed by atoms with Crippen LogP contribution in [0, 0.1) is 19.7 Å². The molecule has 0 unspecified atom stereocenters. The van der Waals surface area contributed by atoms with Crippen molar-refractivity contribution < 1.29 is 4.39 Å². The van der Waals surface area contributed by atoms with Crippen LogP contribution in [0.5, 0.6) is 0 Å². The van der Waals surface area contributed by atoms with Crippen LogP contribution in [0.4, 0.5) is 4.39 Å². The molecule has 0 spiro atoms. The number of benzene rings is 1. The second kappa shape index (κ2) is 6.85. The molecule has 21 heavy (non-hydrogen) atoms. The van der Waals surface area contributed by atoms with Gasteiger partial charge in [0.15, 0.2) is 0 Å². The normalized spacial score (nSPS) is 11.3. The van der Waals surface area contributed by atoms with E-state index in [4.69, 9.17) is 0 Å². The Morgan fingerprint density at radius 2 is 1.95 bits per heavy atom. The molecule has 3 nitrogen and oxygen atoms in total. The lowest BCUT2D eigenvalue weighted by atomic mass is 10.1. The summed E-state index contributed by atoms with van der Waals surface area (Å²) in [5.74, 6) is -0.173. The largest absolute Gasteiger partial charge is 0.314 e. The summed E-state index contributed by atoms with van der Waals surface area (Å²) in [6, 6.07) is 7.36. The molecular weight excluding hydrogens is 265 g/mol. The van der Waals surface area contributed by atoms with E-state index in [9.17, 15) is 4.39 Å². The second-order valence-electron chi connectivity index (χ2n) is 5.76. The molecular formula is C17H24FN3. The van der Waals surface area contributed by atoms with E-state index in [0.717, 1.165) is 24.4 Å². The monoisotopic (exact) mass is 289 g/mol. The molecule has 0 atom stereocenters. The number of halogens is 1. The number of aryl methyl sites for hydroxylation is 1. The SMILES string of the molecule is Cc1nn(Cc2ccccc2F)c(C)c1CCNC(C)C. The van der Waals surface area contributed by atoms with Gasteiger partial charge in [0, 0.05) is 17.3 Å². The van der Waals surface area contributed by atoms with Crippen LogP contribution in [-0.4, -0.2) is 22.4 Å². The van der Waals surface area contributed by atoms with Crippen LogP contribution < -0.4 is 5.32 Å². The summed E-state index contributed by atoms with van der Waals surface area (Å²) in [5, 5.41) is 7.99. The van der Waals surface area contributed by atoms with E-state index in [-0.39, 0.29) is 5.82 Å². The number of hydrogen-bond acceptors (Lipinski definition) is 2. The van der Waals surface area contributed by atoms with Crippen molar-refractivity contribution >= 4 is 0 Å². The van der Waals surface area contributed by atoms with E-state index in [0.29, 0.717) is 18.2 Å². The summed E-state index contributed by atoms with van der Waals surface area (Å²) in [7, 11) is 0. The van der Waals surface area contributed by atoms with Crippen LogP contribution in [-0.2, 0) is 13.0 Å². The molecule has 1 N–H and O–H groups in total. The highest BCUT2D eigenvalue weighted by Crippen LogP contribution is 2.16. The van der Waals surface area contributed by atoms with Gasteiger partial charge in [-0.1, -0.05) is 32.0 Å². The first-order valence-corrected chi connectivity index (χ1v) is 7.48. The zero-order valence-corrected chi connectivity index (χ0v) is 13.3. The van der Waals surface area contributed by atoms with Crippen molar-refractivity contribution in [2.45, 2.75) is 46.7 Å². The average molecular weight is 289 g/mol. The summed E-state index contributed by atoms with van der Waals surface area (Å²) in [4.78, 5) is 0. The number of hydrogen-bond donors (Lipinski definition) is 1. The van der Waals surface area contributed by atoms with Gasteiger partial charge in [-0.3, -0.25) is 4.68 Å². The highest BCUT2D eigenvalue weighted by Gasteiger charge is 2.12. The third-order valence-corrected chi connectivity index (χ3v) is 3.74. The highest BCUT2D eigenvalue weighted by molar-refractivity contribution is 5.26. The first-order valence-electron chi connectivity index (χ1n) is 7.48. The third kappa shape index (κ3) is 3.91. The molecule has 0 aliphatic rings. The Balaban J connectivity index is 2.13. The molecule has 2 aromatic rings. The second-order valence-corrected chi connectivity index (χ2v) is 5.76. The predicted octanol–water partition coefficient (Wildman–Crippen LogP) is 3.23. The van der Waals surface area contributed by atoms with Gasteiger partial charge in [0.05, 0.1) is 12.2 Å². The zero-order valence-electron chi connectivity index (χ0n) is 13.3. The minimum absolute atomic E-state index is 0.173. The molecule has 114 valence electrons. The third-order valence-electron chi connectivity index (χ3n) is 3.74. The zero-order chi connectivity index (χ0) is 15.4. The summed E-state index contributed by atoms with van der Waals surface area (Å²) in [6.45, 7) is 9.78. The molecule has 0 aliphatic heterocycles. The van der Waals surface area contributed by atoms with E-state index >= 15 is 0 Å².